The van der Waals surface area contributed by atoms with Crippen LogP contribution in [0.2, 0.25) is 0 Å². The Morgan fingerprint density at radius 3 is 2.17 bits per heavy atom. The van der Waals surface area contributed by atoms with Crippen molar-refractivity contribution in [2.24, 2.45) is 0 Å². The first-order chi connectivity index (χ1) is 17.4. The number of benzene rings is 3. The number of carbonyl (C=O) groups excluding carboxylic acids is 1. The van der Waals surface area contributed by atoms with Crippen LogP contribution in [0.25, 0.3) is 10.9 Å². The van der Waals surface area contributed by atoms with Gasteiger partial charge in [0.1, 0.15) is 17.2 Å². The van der Waals surface area contributed by atoms with Gasteiger partial charge in [0.2, 0.25) is 0 Å². The van der Waals surface area contributed by atoms with Crippen LogP contribution in [0.4, 0.5) is 29.3 Å². The van der Waals surface area contributed by atoms with Gasteiger partial charge < -0.3 is 19.9 Å². The molecule has 1 aliphatic heterocycles. The second-order valence-corrected chi connectivity index (χ2v) is 8.39. The fraction of sp³-hybridized carbons (Fsp3) is 0.185. The number of para-hydroxylation sites is 2. The number of urea groups is 1. The molecule has 4 aromatic rings. The molecule has 0 bridgehead atoms. The van der Waals surface area contributed by atoms with Gasteiger partial charge in [0.25, 0.3) is 0 Å². The average molecular weight is 493 g/mol. The summed E-state index contributed by atoms with van der Waals surface area (Å²) in [6, 6.07) is 24.1. The Bertz CT molecular complexity index is 1350. The quantitative estimate of drug-likeness (QED) is 0.358. The molecule has 1 saturated heterocycles. The number of halogens is 3. The Labute approximate surface area is 205 Å². The number of piperazine rings is 1. The fourth-order valence-electron chi connectivity index (χ4n) is 4.15. The topological polar surface area (TPSA) is 57.7 Å². The number of nitrogens with zero attached hydrogens (tertiary/aromatic N) is 3. The van der Waals surface area contributed by atoms with Crippen LogP contribution in [0.3, 0.4) is 0 Å². The number of nitrogens with one attached hydrogen (secondary N) is 1. The summed E-state index contributed by atoms with van der Waals surface area (Å²) in [6.45, 7) is 1.56. The Morgan fingerprint density at radius 2 is 1.47 bits per heavy atom. The van der Waals surface area contributed by atoms with E-state index in [1.165, 1.54) is 0 Å². The number of ether oxygens (including phenoxy) is 1. The highest BCUT2D eigenvalue weighted by Gasteiger charge is 2.34. The molecule has 2 amide bonds. The Hall–Kier alpha value is -4.27. The molecule has 0 spiro atoms. The molecule has 9 heteroatoms. The standard InChI is InChI=1S/C27H23F3N4O2/c28-27(29,30)25-18-24(22-8-4-5-9-23(22)32-25)33-14-16-34(17-15-33)26(35)31-19-10-12-21(13-11-19)36-20-6-2-1-3-7-20/h1-13,18H,14-17H2,(H,31,35). The number of hydrogen-bond donors (Lipinski definition) is 1. The van der Waals surface area contributed by atoms with Crippen LogP contribution in [0.1, 0.15) is 5.69 Å². The molecule has 36 heavy (non-hydrogen) atoms. The zero-order chi connectivity index (χ0) is 25.1. The van der Waals surface area contributed by atoms with Crippen molar-refractivity contribution in [2.45, 2.75) is 6.18 Å². The molecule has 0 radical (unpaired) electrons. The predicted octanol–water partition coefficient (Wildman–Crippen LogP) is 6.40. The number of carbonyl (C=O) groups is 1. The molecule has 2 heterocycles. The number of aromatic nitrogens is 1. The number of amides is 2. The zero-order valence-corrected chi connectivity index (χ0v) is 19.2. The van der Waals surface area contributed by atoms with Gasteiger partial charge in [-0.3, -0.25) is 0 Å². The maximum absolute atomic E-state index is 13.4. The Balaban J connectivity index is 1.23. The fourth-order valence-corrected chi connectivity index (χ4v) is 4.15. The van der Waals surface area contributed by atoms with Gasteiger partial charge in [-0.25, -0.2) is 9.78 Å². The predicted molar refractivity (Wildman–Crippen MR) is 133 cm³/mol. The first-order valence-electron chi connectivity index (χ1n) is 11.5. The van der Waals surface area contributed by atoms with Crippen molar-refractivity contribution >= 4 is 28.3 Å². The zero-order valence-electron chi connectivity index (χ0n) is 19.2. The van der Waals surface area contributed by atoms with Gasteiger partial charge in [0, 0.05) is 42.9 Å². The molecule has 1 fully saturated rings. The smallest absolute Gasteiger partial charge is 0.433 e. The number of anilines is 2. The van der Waals surface area contributed by atoms with Gasteiger partial charge in [0.05, 0.1) is 5.52 Å². The second kappa shape index (κ2) is 9.77. The summed E-state index contributed by atoms with van der Waals surface area (Å²) in [5.74, 6) is 1.37. The molecule has 0 atom stereocenters. The largest absolute Gasteiger partial charge is 0.457 e. The molecule has 0 unspecified atom stereocenters. The number of alkyl halides is 3. The van der Waals surface area contributed by atoms with Gasteiger partial charge >= 0.3 is 12.2 Å². The average Bonchev–Trinajstić information content (AvgIpc) is 2.89. The third-order valence-corrected chi connectivity index (χ3v) is 5.98. The molecule has 1 aliphatic rings. The van der Waals surface area contributed by atoms with E-state index in [9.17, 15) is 18.0 Å². The lowest BCUT2D eigenvalue weighted by molar-refractivity contribution is -0.140. The lowest BCUT2D eigenvalue weighted by Gasteiger charge is -2.36. The summed E-state index contributed by atoms with van der Waals surface area (Å²) in [5, 5.41) is 3.52. The van der Waals surface area contributed by atoms with E-state index in [0.29, 0.717) is 54.2 Å². The molecular weight excluding hydrogens is 469 g/mol. The van der Waals surface area contributed by atoms with Crippen molar-refractivity contribution < 1.29 is 22.7 Å². The van der Waals surface area contributed by atoms with Crippen LogP contribution < -0.4 is 15.0 Å². The van der Waals surface area contributed by atoms with Crippen molar-refractivity contribution in [1.29, 1.82) is 0 Å². The lowest BCUT2D eigenvalue weighted by atomic mass is 10.1. The molecular formula is C27H23F3N4O2. The summed E-state index contributed by atoms with van der Waals surface area (Å²) in [5.41, 5.74) is 0.470. The van der Waals surface area contributed by atoms with Crippen LogP contribution >= 0.6 is 0 Å². The normalized spacial score (nSPS) is 14.1. The first kappa shape index (κ1) is 23.5. The first-order valence-corrected chi connectivity index (χ1v) is 11.5. The van der Waals surface area contributed by atoms with Crippen molar-refractivity contribution in [3.8, 4) is 11.5 Å². The summed E-state index contributed by atoms with van der Waals surface area (Å²) in [4.78, 5) is 20.1. The van der Waals surface area contributed by atoms with Crippen LogP contribution in [-0.2, 0) is 6.18 Å². The Morgan fingerprint density at radius 1 is 0.833 bits per heavy atom. The summed E-state index contributed by atoms with van der Waals surface area (Å²) >= 11 is 0. The van der Waals surface area contributed by atoms with Crippen LogP contribution in [0.5, 0.6) is 11.5 Å². The summed E-state index contributed by atoms with van der Waals surface area (Å²) in [7, 11) is 0. The van der Waals surface area contributed by atoms with Crippen LogP contribution in [0.15, 0.2) is 84.9 Å². The third-order valence-electron chi connectivity index (χ3n) is 5.98. The second-order valence-electron chi connectivity index (χ2n) is 8.39. The molecule has 5 rings (SSSR count). The van der Waals surface area contributed by atoms with Gasteiger partial charge in [-0.2, -0.15) is 13.2 Å². The Kier molecular flexibility index (Phi) is 6.37. The van der Waals surface area contributed by atoms with E-state index >= 15 is 0 Å². The van der Waals surface area contributed by atoms with E-state index < -0.39 is 11.9 Å². The minimum Gasteiger partial charge on any atom is -0.457 e. The van der Waals surface area contributed by atoms with Crippen molar-refractivity contribution in [1.82, 2.24) is 9.88 Å². The third kappa shape index (κ3) is 5.19. The molecule has 6 nitrogen and oxygen atoms in total. The minimum atomic E-state index is -4.54. The molecule has 1 N–H and O–H groups in total. The maximum atomic E-state index is 13.4. The monoisotopic (exact) mass is 492 g/mol. The van der Waals surface area contributed by atoms with Gasteiger partial charge in [0.15, 0.2) is 0 Å². The molecule has 0 aliphatic carbocycles. The lowest BCUT2D eigenvalue weighted by Crippen LogP contribution is -2.50. The molecule has 1 aromatic heterocycles. The minimum absolute atomic E-state index is 0.262. The number of hydrogen-bond acceptors (Lipinski definition) is 4. The van der Waals surface area contributed by atoms with E-state index in [0.717, 1.165) is 11.8 Å². The van der Waals surface area contributed by atoms with Gasteiger partial charge in [-0.15, -0.1) is 0 Å². The molecule has 184 valence electrons. The summed E-state index contributed by atoms with van der Waals surface area (Å²) in [6.07, 6.45) is -4.54. The van der Waals surface area contributed by atoms with E-state index in [1.54, 1.807) is 53.4 Å². The van der Waals surface area contributed by atoms with Crippen molar-refractivity contribution in [3.63, 3.8) is 0 Å². The highest BCUT2D eigenvalue weighted by atomic mass is 19.4. The number of rotatable bonds is 4. The van der Waals surface area contributed by atoms with E-state index in [2.05, 4.69) is 10.3 Å². The number of pyridine rings is 1. The molecule has 0 saturated carbocycles. The highest BCUT2D eigenvalue weighted by molar-refractivity contribution is 5.93. The highest BCUT2D eigenvalue weighted by Crippen LogP contribution is 2.35. The van der Waals surface area contributed by atoms with Crippen molar-refractivity contribution in [3.05, 3.63) is 90.6 Å². The van der Waals surface area contributed by atoms with E-state index in [-0.39, 0.29) is 6.03 Å². The SMILES string of the molecule is O=C(Nc1ccc(Oc2ccccc2)cc1)N1CCN(c2cc(C(F)(F)F)nc3ccccc23)CC1. The van der Waals surface area contributed by atoms with Crippen molar-refractivity contribution in [2.75, 3.05) is 36.4 Å². The van der Waals surface area contributed by atoms with E-state index in [4.69, 9.17) is 4.74 Å². The van der Waals surface area contributed by atoms with Gasteiger partial charge in [-0.1, -0.05) is 36.4 Å². The van der Waals surface area contributed by atoms with Crippen LogP contribution in [-0.4, -0.2) is 42.1 Å². The number of fused-ring (bicyclic) bond motifs is 1. The molecule has 3 aromatic carbocycles. The van der Waals surface area contributed by atoms with E-state index in [1.807, 2.05) is 35.2 Å². The summed E-state index contributed by atoms with van der Waals surface area (Å²) < 4.78 is 46.0. The maximum Gasteiger partial charge on any atom is 0.433 e. The van der Waals surface area contributed by atoms with Gasteiger partial charge in [-0.05, 0) is 48.5 Å². The van der Waals surface area contributed by atoms with Crippen LogP contribution in [0, 0.1) is 0 Å².